The van der Waals surface area contributed by atoms with Crippen molar-refractivity contribution in [2.45, 2.75) is 25.2 Å². The average molecular weight is 296 g/mol. The zero-order chi connectivity index (χ0) is 16.1. The lowest BCUT2D eigenvalue weighted by Crippen LogP contribution is -2.58. The number of hydrogen-bond acceptors (Lipinski definition) is 5. The van der Waals surface area contributed by atoms with Gasteiger partial charge in [-0.05, 0) is 25.5 Å². The molecule has 0 unspecified atom stereocenters. The summed E-state index contributed by atoms with van der Waals surface area (Å²) < 4.78 is 1.12. The predicted molar refractivity (Wildman–Crippen MR) is 81.3 cm³/mol. The van der Waals surface area contributed by atoms with Crippen molar-refractivity contribution in [3.8, 4) is 0 Å². The lowest BCUT2D eigenvalue weighted by atomic mass is 9.71. The molecule has 2 heterocycles. The largest absolute Gasteiger partial charge is 0.398 e. The van der Waals surface area contributed by atoms with Gasteiger partial charge in [0.1, 0.15) is 13.7 Å². The van der Waals surface area contributed by atoms with Gasteiger partial charge < -0.3 is 5.73 Å². The molecule has 1 atom stereocenters. The number of carbonyl (C=O) groups excluding carboxylic acids is 2. The van der Waals surface area contributed by atoms with Crippen molar-refractivity contribution in [3.05, 3.63) is 34.4 Å². The Bertz CT molecular complexity index is 876. The molecule has 1 saturated heterocycles. The van der Waals surface area contributed by atoms with Crippen LogP contribution in [0.3, 0.4) is 0 Å². The number of anilines is 1. The van der Waals surface area contributed by atoms with Crippen LogP contribution in [0.2, 0.25) is 0 Å². The van der Waals surface area contributed by atoms with Gasteiger partial charge in [-0.25, -0.2) is 4.98 Å². The summed E-state index contributed by atoms with van der Waals surface area (Å²) in [6.45, 7) is 1.59. The Morgan fingerprint density at radius 1 is 1.36 bits per heavy atom. The highest BCUT2D eigenvalue weighted by molar-refractivity contribution is 6.28. The summed E-state index contributed by atoms with van der Waals surface area (Å²) in [5.74, 6) is -0.843. The number of fused-ring (bicyclic) bond motifs is 1. The number of piperidine rings is 1. The van der Waals surface area contributed by atoms with Crippen LogP contribution in [0.1, 0.15) is 18.7 Å². The molecule has 2 aromatic rings. The molecule has 7 nitrogen and oxygen atoms in total. The highest BCUT2D eigenvalue weighted by atomic mass is 16.2. The van der Waals surface area contributed by atoms with Gasteiger partial charge in [-0.2, -0.15) is 0 Å². The molecule has 1 fully saturated rings. The van der Waals surface area contributed by atoms with Crippen LogP contribution >= 0.6 is 0 Å². The first-order chi connectivity index (χ1) is 10.3. The van der Waals surface area contributed by atoms with Gasteiger partial charge in [0, 0.05) is 12.1 Å². The molecule has 0 spiro atoms. The Kier molecular flexibility index (Phi) is 3.05. The van der Waals surface area contributed by atoms with Crippen LogP contribution < -0.4 is 16.6 Å². The van der Waals surface area contributed by atoms with E-state index in [-0.39, 0.29) is 29.7 Å². The average Bonchev–Trinajstić information content (AvgIpc) is 2.43. The zero-order valence-corrected chi connectivity index (χ0v) is 11.9. The van der Waals surface area contributed by atoms with E-state index in [4.69, 9.17) is 13.6 Å². The number of rotatable bonds is 1. The van der Waals surface area contributed by atoms with Gasteiger partial charge in [0.25, 0.3) is 5.56 Å². The zero-order valence-electron chi connectivity index (χ0n) is 11.9. The molecule has 0 saturated carbocycles. The van der Waals surface area contributed by atoms with Crippen LogP contribution in [-0.2, 0) is 15.0 Å². The van der Waals surface area contributed by atoms with Crippen LogP contribution in [-0.4, -0.2) is 29.2 Å². The first-order valence-corrected chi connectivity index (χ1v) is 6.76. The third-order valence-electron chi connectivity index (χ3n) is 3.88. The molecular formula is C14H13BN4O3. The molecular weight excluding hydrogens is 283 g/mol. The molecule has 1 aliphatic heterocycles. The molecule has 110 valence electrons. The molecule has 8 heteroatoms. The first-order valence-electron chi connectivity index (χ1n) is 6.76. The number of nitrogen functional groups attached to an aromatic ring is 1. The Hall–Kier alpha value is -2.64. The SMILES string of the molecule is [B][C@]1(n2c(C)nc3cccc(N)c3c2=O)CCC(=O)NC1=O. The lowest BCUT2D eigenvalue weighted by Gasteiger charge is -2.35. The van der Waals surface area contributed by atoms with Crippen LogP contribution in [0.25, 0.3) is 10.9 Å². The van der Waals surface area contributed by atoms with Gasteiger partial charge >= 0.3 is 0 Å². The Balaban J connectivity index is 2.32. The van der Waals surface area contributed by atoms with Gasteiger partial charge in [0.05, 0.1) is 16.3 Å². The second-order valence-electron chi connectivity index (χ2n) is 5.34. The first kappa shape index (κ1) is 14.3. The maximum atomic E-state index is 12.8. The second-order valence-corrected chi connectivity index (χ2v) is 5.34. The molecule has 0 bridgehead atoms. The van der Waals surface area contributed by atoms with Crippen molar-refractivity contribution in [2.75, 3.05) is 5.73 Å². The molecule has 2 radical (unpaired) electrons. The van der Waals surface area contributed by atoms with Crippen LogP contribution in [0.15, 0.2) is 23.0 Å². The molecule has 3 rings (SSSR count). The number of aromatic nitrogens is 2. The van der Waals surface area contributed by atoms with Crippen molar-refractivity contribution in [3.63, 3.8) is 0 Å². The molecule has 22 heavy (non-hydrogen) atoms. The van der Waals surface area contributed by atoms with E-state index < -0.39 is 22.8 Å². The van der Waals surface area contributed by atoms with E-state index in [0.29, 0.717) is 5.52 Å². The molecule has 2 amide bonds. The number of carbonyl (C=O) groups is 2. The van der Waals surface area contributed by atoms with Crippen molar-refractivity contribution in [1.82, 2.24) is 14.9 Å². The summed E-state index contributed by atoms with van der Waals surface area (Å²) in [4.78, 5) is 40.6. The fourth-order valence-electron chi connectivity index (χ4n) is 2.77. The van der Waals surface area contributed by atoms with E-state index in [1.165, 1.54) is 0 Å². The van der Waals surface area contributed by atoms with Gasteiger partial charge in [0.15, 0.2) is 0 Å². The Labute approximate surface area is 126 Å². The third-order valence-corrected chi connectivity index (χ3v) is 3.88. The number of nitrogens with one attached hydrogen (secondary N) is 1. The number of nitrogens with two attached hydrogens (primary N) is 1. The maximum absolute atomic E-state index is 12.8. The molecule has 0 aliphatic carbocycles. The Morgan fingerprint density at radius 3 is 2.77 bits per heavy atom. The smallest absolute Gasteiger partial charge is 0.263 e. The van der Waals surface area contributed by atoms with E-state index >= 15 is 0 Å². The number of aryl methyl sites for hydroxylation is 1. The standard InChI is InChI=1S/C14H13BN4O3/c1-7-17-9-4-2-3-8(16)11(9)12(21)19(7)14(15)6-5-10(20)18-13(14)22/h2-4H,5-6,16H2,1H3,(H,18,20,22)/t14-/m0/s1. The van der Waals surface area contributed by atoms with Crippen molar-refractivity contribution in [2.24, 2.45) is 0 Å². The molecule has 1 aromatic carbocycles. The second kappa shape index (κ2) is 4.69. The van der Waals surface area contributed by atoms with Crippen molar-refractivity contribution >= 4 is 36.3 Å². The van der Waals surface area contributed by atoms with Crippen LogP contribution in [0.4, 0.5) is 5.69 Å². The minimum absolute atomic E-state index is 0.0261. The molecule has 3 N–H and O–H groups in total. The van der Waals surface area contributed by atoms with E-state index in [9.17, 15) is 14.4 Å². The number of nitrogens with zero attached hydrogens (tertiary/aromatic N) is 2. The van der Waals surface area contributed by atoms with E-state index in [1.54, 1.807) is 25.1 Å². The van der Waals surface area contributed by atoms with Gasteiger partial charge in [-0.1, -0.05) is 6.07 Å². The number of amides is 2. The summed E-state index contributed by atoms with van der Waals surface area (Å²) in [6.07, 6.45) is 0.0781. The summed E-state index contributed by atoms with van der Waals surface area (Å²) in [7, 11) is 6.15. The van der Waals surface area contributed by atoms with Gasteiger partial charge in [-0.3, -0.25) is 24.3 Å². The lowest BCUT2D eigenvalue weighted by molar-refractivity contribution is -0.137. The highest BCUT2D eigenvalue weighted by Gasteiger charge is 2.41. The number of benzene rings is 1. The van der Waals surface area contributed by atoms with E-state index in [0.717, 1.165) is 4.57 Å². The minimum atomic E-state index is -1.65. The van der Waals surface area contributed by atoms with Crippen molar-refractivity contribution in [1.29, 1.82) is 0 Å². The highest BCUT2D eigenvalue weighted by Crippen LogP contribution is 2.25. The monoisotopic (exact) mass is 296 g/mol. The summed E-state index contributed by atoms with van der Waals surface area (Å²) in [6, 6.07) is 4.94. The molecule has 1 aliphatic rings. The van der Waals surface area contributed by atoms with Crippen LogP contribution in [0, 0.1) is 6.92 Å². The normalized spacial score (nSPS) is 21.9. The summed E-state index contributed by atoms with van der Waals surface area (Å²) >= 11 is 0. The fraction of sp³-hybridized carbons (Fsp3) is 0.286. The molecule has 1 aromatic heterocycles. The van der Waals surface area contributed by atoms with Crippen molar-refractivity contribution < 1.29 is 9.59 Å². The van der Waals surface area contributed by atoms with Crippen LogP contribution in [0.5, 0.6) is 0 Å². The number of hydrogen-bond donors (Lipinski definition) is 2. The quantitative estimate of drug-likeness (QED) is 0.421. The summed E-state index contributed by atoms with van der Waals surface area (Å²) in [5, 5.41) is 2.37. The van der Waals surface area contributed by atoms with E-state index in [2.05, 4.69) is 10.3 Å². The number of imide groups is 1. The summed E-state index contributed by atoms with van der Waals surface area (Å²) in [5.41, 5.74) is 4.41. The fourth-order valence-corrected chi connectivity index (χ4v) is 2.77. The Morgan fingerprint density at radius 2 is 2.09 bits per heavy atom. The third kappa shape index (κ3) is 1.91. The minimum Gasteiger partial charge on any atom is -0.398 e. The van der Waals surface area contributed by atoms with E-state index in [1.807, 2.05) is 0 Å². The maximum Gasteiger partial charge on any atom is 0.263 e. The topological polar surface area (TPSA) is 107 Å². The van der Waals surface area contributed by atoms with Gasteiger partial charge in [-0.15, -0.1) is 0 Å². The predicted octanol–water partition coefficient (Wildman–Crippen LogP) is -0.455. The van der Waals surface area contributed by atoms with Gasteiger partial charge in [0.2, 0.25) is 11.8 Å².